The van der Waals surface area contributed by atoms with E-state index < -0.39 is 6.04 Å². The summed E-state index contributed by atoms with van der Waals surface area (Å²) in [4.78, 5) is 23.9. The number of hydrogen-bond donors (Lipinski definition) is 3. The lowest BCUT2D eigenvalue weighted by Gasteiger charge is -2.24. The fourth-order valence-corrected chi connectivity index (χ4v) is 3.09. The van der Waals surface area contributed by atoms with Crippen molar-refractivity contribution in [2.24, 2.45) is 11.7 Å². The highest BCUT2D eigenvalue weighted by atomic mass is 16.2. The minimum atomic E-state index is -0.471. The normalized spacial score (nSPS) is 16.6. The molecule has 1 atom stereocenters. The maximum absolute atomic E-state index is 12.2. The van der Waals surface area contributed by atoms with Crippen LogP contribution >= 0.6 is 0 Å². The Morgan fingerprint density at radius 1 is 1.17 bits per heavy atom. The third-order valence-corrected chi connectivity index (χ3v) is 4.40. The van der Waals surface area contributed by atoms with E-state index in [0.29, 0.717) is 23.7 Å². The summed E-state index contributed by atoms with van der Waals surface area (Å²) in [5, 5.41) is 5.57. The van der Waals surface area contributed by atoms with Crippen molar-refractivity contribution in [2.75, 3.05) is 11.9 Å². The largest absolute Gasteiger partial charge is 0.352 e. The van der Waals surface area contributed by atoms with Crippen molar-refractivity contribution < 1.29 is 9.59 Å². The van der Waals surface area contributed by atoms with Crippen LogP contribution in [0.1, 0.15) is 55.8 Å². The van der Waals surface area contributed by atoms with Gasteiger partial charge in [0.2, 0.25) is 5.91 Å². The second-order valence-electron chi connectivity index (χ2n) is 6.27. The fourth-order valence-electron chi connectivity index (χ4n) is 3.09. The van der Waals surface area contributed by atoms with Crippen LogP contribution in [0.2, 0.25) is 0 Å². The van der Waals surface area contributed by atoms with Gasteiger partial charge in [0.15, 0.2) is 0 Å². The lowest BCUT2D eigenvalue weighted by molar-refractivity contribution is -0.117. The van der Waals surface area contributed by atoms with Crippen LogP contribution in [-0.2, 0) is 4.79 Å². The molecule has 126 valence electrons. The van der Waals surface area contributed by atoms with Crippen LogP contribution in [0.25, 0.3) is 0 Å². The Morgan fingerprint density at radius 3 is 2.43 bits per heavy atom. The first-order valence-corrected chi connectivity index (χ1v) is 8.55. The van der Waals surface area contributed by atoms with E-state index in [4.69, 9.17) is 5.73 Å². The molecule has 0 bridgehead atoms. The summed E-state index contributed by atoms with van der Waals surface area (Å²) < 4.78 is 0. The predicted molar refractivity (Wildman–Crippen MR) is 92.2 cm³/mol. The van der Waals surface area contributed by atoms with E-state index in [-0.39, 0.29) is 11.8 Å². The van der Waals surface area contributed by atoms with Crippen molar-refractivity contribution in [3.8, 4) is 0 Å². The van der Waals surface area contributed by atoms with Crippen molar-refractivity contribution in [3.05, 3.63) is 29.8 Å². The van der Waals surface area contributed by atoms with E-state index in [0.717, 1.165) is 6.42 Å². The van der Waals surface area contributed by atoms with E-state index in [2.05, 4.69) is 10.6 Å². The second kappa shape index (κ2) is 8.67. The molecule has 0 radical (unpaired) electrons. The maximum Gasteiger partial charge on any atom is 0.251 e. The number of anilines is 1. The molecule has 2 rings (SSSR count). The van der Waals surface area contributed by atoms with E-state index in [1.807, 2.05) is 6.92 Å². The number of rotatable bonds is 6. The lowest BCUT2D eigenvalue weighted by Crippen LogP contribution is -2.37. The summed E-state index contributed by atoms with van der Waals surface area (Å²) in [6, 6.07) is 6.40. The molecule has 5 heteroatoms. The van der Waals surface area contributed by atoms with Crippen LogP contribution in [-0.4, -0.2) is 24.4 Å². The molecule has 1 aromatic rings. The summed E-state index contributed by atoms with van der Waals surface area (Å²) >= 11 is 0. The smallest absolute Gasteiger partial charge is 0.251 e. The van der Waals surface area contributed by atoms with Crippen LogP contribution in [0.15, 0.2) is 24.3 Å². The summed E-state index contributed by atoms with van der Waals surface area (Å²) in [6.07, 6.45) is 6.92. The Balaban J connectivity index is 1.85. The van der Waals surface area contributed by atoms with Gasteiger partial charge < -0.3 is 16.4 Å². The Kier molecular flexibility index (Phi) is 6.59. The summed E-state index contributed by atoms with van der Waals surface area (Å²) in [5.74, 6) is 0.310. The molecule has 5 nitrogen and oxygen atoms in total. The van der Waals surface area contributed by atoms with Gasteiger partial charge in [-0.05, 0) is 43.5 Å². The molecule has 0 aliphatic heterocycles. The maximum atomic E-state index is 12.2. The molecule has 1 aliphatic rings. The van der Waals surface area contributed by atoms with Crippen LogP contribution in [0.4, 0.5) is 5.69 Å². The standard InChI is InChI=1S/C18H27N3O2/c1-2-20-17(22)14-8-10-15(11-9-14)21-18(23)16(19)12-13-6-4-3-5-7-13/h8-11,13,16H,2-7,12,19H2,1H3,(H,20,22)(H,21,23). The number of carbonyl (C=O) groups is 2. The Bertz CT molecular complexity index is 522. The zero-order valence-electron chi connectivity index (χ0n) is 13.8. The molecular weight excluding hydrogens is 290 g/mol. The predicted octanol–water partition coefficient (Wildman–Crippen LogP) is 2.67. The van der Waals surface area contributed by atoms with Crippen molar-refractivity contribution >= 4 is 17.5 Å². The zero-order chi connectivity index (χ0) is 16.7. The van der Waals surface area contributed by atoms with Crippen LogP contribution in [0.3, 0.4) is 0 Å². The van der Waals surface area contributed by atoms with Gasteiger partial charge in [0.05, 0.1) is 6.04 Å². The summed E-state index contributed by atoms with van der Waals surface area (Å²) in [7, 11) is 0. The first-order chi connectivity index (χ1) is 11.1. The summed E-state index contributed by atoms with van der Waals surface area (Å²) in [5.41, 5.74) is 7.29. The monoisotopic (exact) mass is 317 g/mol. The van der Waals surface area contributed by atoms with Crippen LogP contribution in [0.5, 0.6) is 0 Å². The molecule has 1 aliphatic carbocycles. The second-order valence-corrected chi connectivity index (χ2v) is 6.27. The molecule has 1 unspecified atom stereocenters. The molecule has 0 aromatic heterocycles. The molecule has 1 fully saturated rings. The Morgan fingerprint density at radius 2 is 1.83 bits per heavy atom. The number of hydrogen-bond acceptors (Lipinski definition) is 3. The van der Waals surface area contributed by atoms with Gasteiger partial charge >= 0.3 is 0 Å². The molecule has 23 heavy (non-hydrogen) atoms. The molecule has 4 N–H and O–H groups in total. The van der Waals surface area contributed by atoms with Gasteiger partial charge in [-0.15, -0.1) is 0 Å². The van der Waals surface area contributed by atoms with Crippen molar-refractivity contribution in [1.82, 2.24) is 5.32 Å². The third kappa shape index (κ3) is 5.36. The van der Waals surface area contributed by atoms with Gasteiger partial charge in [0, 0.05) is 17.8 Å². The molecule has 0 heterocycles. The quantitative estimate of drug-likeness (QED) is 0.754. The number of nitrogens with two attached hydrogens (primary N) is 1. The fraction of sp³-hybridized carbons (Fsp3) is 0.556. The molecule has 1 saturated carbocycles. The van der Waals surface area contributed by atoms with Gasteiger partial charge in [-0.2, -0.15) is 0 Å². The van der Waals surface area contributed by atoms with Crippen LogP contribution in [0, 0.1) is 5.92 Å². The van der Waals surface area contributed by atoms with Crippen molar-refractivity contribution in [2.45, 2.75) is 51.5 Å². The van der Waals surface area contributed by atoms with Gasteiger partial charge in [-0.25, -0.2) is 0 Å². The van der Waals surface area contributed by atoms with Gasteiger partial charge in [-0.3, -0.25) is 9.59 Å². The summed E-state index contributed by atoms with van der Waals surface area (Å²) in [6.45, 7) is 2.47. The average Bonchev–Trinajstić information content (AvgIpc) is 2.56. The highest BCUT2D eigenvalue weighted by Gasteiger charge is 2.21. The highest BCUT2D eigenvalue weighted by Crippen LogP contribution is 2.27. The number of benzene rings is 1. The van der Waals surface area contributed by atoms with Crippen molar-refractivity contribution in [3.63, 3.8) is 0 Å². The van der Waals surface area contributed by atoms with Gasteiger partial charge in [0.25, 0.3) is 5.91 Å². The van der Waals surface area contributed by atoms with E-state index in [9.17, 15) is 9.59 Å². The van der Waals surface area contributed by atoms with E-state index in [1.54, 1.807) is 24.3 Å². The first kappa shape index (κ1) is 17.5. The Labute approximate surface area is 138 Å². The topological polar surface area (TPSA) is 84.2 Å². The molecular formula is C18H27N3O2. The minimum Gasteiger partial charge on any atom is -0.352 e. The van der Waals surface area contributed by atoms with Gasteiger partial charge in [0.1, 0.15) is 0 Å². The highest BCUT2D eigenvalue weighted by molar-refractivity contribution is 5.97. The van der Waals surface area contributed by atoms with Crippen LogP contribution < -0.4 is 16.4 Å². The molecule has 2 amide bonds. The zero-order valence-corrected chi connectivity index (χ0v) is 13.8. The minimum absolute atomic E-state index is 0.112. The number of carbonyl (C=O) groups excluding carboxylic acids is 2. The Hall–Kier alpha value is -1.88. The van der Waals surface area contributed by atoms with Gasteiger partial charge in [-0.1, -0.05) is 32.1 Å². The number of nitrogens with one attached hydrogen (secondary N) is 2. The van der Waals surface area contributed by atoms with E-state index >= 15 is 0 Å². The van der Waals surface area contributed by atoms with Crippen molar-refractivity contribution in [1.29, 1.82) is 0 Å². The molecule has 0 spiro atoms. The average molecular weight is 317 g/mol. The molecule has 0 saturated heterocycles. The third-order valence-electron chi connectivity index (χ3n) is 4.40. The van der Waals surface area contributed by atoms with E-state index in [1.165, 1.54) is 32.1 Å². The lowest BCUT2D eigenvalue weighted by atomic mass is 9.85. The molecule has 1 aromatic carbocycles. The SMILES string of the molecule is CCNC(=O)c1ccc(NC(=O)C(N)CC2CCCCC2)cc1. The first-order valence-electron chi connectivity index (χ1n) is 8.55. The number of amides is 2.